The first-order valence-corrected chi connectivity index (χ1v) is 8.71. The van der Waals surface area contributed by atoms with Gasteiger partial charge in [0.15, 0.2) is 0 Å². The number of aromatic nitrogens is 2. The average Bonchev–Trinajstić information content (AvgIpc) is 2.88. The molecule has 0 fully saturated rings. The van der Waals surface area contributed by atoms with Crippen LogP contribution in [0.1, 0.15) is 28.3 Å². The second-order valence-electron chi connectivity index (χ2n) is 6.90. The number of carbonyl (C=O) groups is 1. The minimum atomic E-state index is 0.234. The molecule has 0 aliphatic carbocycles. The van der Waals surface area contributed by atoms with Gasteiger partial charge in [-0.05, 0) is 31.4 Å². The molecule has 3 heterocycles. The molecule has 0 spiro atoms. The van der Waals surface area contributed by atoms with E-state index in [9.17, 15) is 4.79 Å². The van der Waals surface area contributed by atoms with Crippen molar-refractivity contribution in [3.63, 3.8) is 0 Å². The third-order valence-electron chi connectivity index (χ3n) is 5.38. The third kappa shape index (κ3) is 2.73. The van der Waals surface area contributed by atoms with Crippen LogP contribution in [0.2, 0.25) is 0 Å². The van der Waals surface area contributed by atoms with Crippen LogP contribution in [0.3, 0.4) is 0 Å². The Morgan fingerprint density at radius 3 is 2.71 bits per heavy atom. The summed E-state index contributed by atoms with van der Waals surface area (Å²) in [6, 6.07) is 8.45. The molecule has 1 aromatic carbocycles. The molecule has 1 aromatic heterocycles. The zero-order valence-corrected chi connectivity index (χ0v) is 14.5. The zero-order chi connectivity index (χ0) is 16.7. The van der Waals surface area contributed by atoms with Gasteiger partial charge in [0.25, 0.3) is 0 Å². The summed E-state index contributed by atoms with van der Waals surface area (Å²) in [5, 5.41) is 0. The number of rotatable bonds is 2. The molecule has 2 aromatic rings. The Kier molecular flexibility index (Phi) is 3.88. The predicted octanol–water partition coefficient (Wildman–Crippen LogP) is 1.90. The molecule has 1 amide bonds. The Morgan fingerprint density at radius 2 is 1.88 bits per heavy atom. The molecule has 0 unspecified atom stereocenters. The highest BCUT2D eigenvalue weighted by atomic mass is 16.2. The van der Waals surface area contributed by atoms with E-state index in [1.807, 2.05) is 4.90 Å². The second kappa shape index (κ2) is 6.06. The Hall–Kier alpha value is -2.14. The molecule has 2 aliphatic rings. The molecule has 0 bridgehead atoms. The lowest BCUT2D eigenvalue weighted by Gasteiger charge is -2.33. The van der Waals surface area contributed by atoms with Crippen molar-refractivity contribution >= 4 is 5.91 Å². The highest BCUT2D eigenvalue weighted by Gasteiger charge is 2.25. The van der Waals surface area contributed by atoms with Crippen molar-refractivity contribution in [3.8, 4) is 0 Å². The fourth-order valence-corrected chi connectivity index (χ4v) is 3.80. The Balaban J connectivity index is 1.41. The summed E-state index contributed by atoms with van der Waals surface area (Å²) in [7, 11) is 0. The van der Waals surface area contributed by atoms with E-state index in [4.69, 9.17) is 0 Å². The van der Waals surface area contributed by atoms with Crippen LogP contribution in [0.15, 0.2) is 24.3 Å². The normalized spacial score (nSPS) is 17.5. The third-order valence-corrected chi connectivity index (χ3v) is 5.38. The standard InChI is InChI=1S/C19H24N4O/c1-14-15(2)23-10-9-21(12-18(23)20-14)13-19(24)22-8-7-16-5-3-4-6-17(16)11-22/h3-6H,7-13H2,1-2H3. The number of hydrogen-bond acceptors (Lipinski definition) is 3. The first kappa shape index (κ1) is 15.4. The van der Waals surface area contributed by atoms with E-state index in [1.165, 1.54) is 16.8 Å². The van der Waals surface area contributed by atoms with E-state index >= 15 is 0 Å². The number of nitrogens with zero attached hydrogens (tertiary/aromatic N) is 4. The number of hydrogen-bond donors (Lipinski definition) is 0. The van der Waals surface area contributed by atoms with Crippen LogP contribution >= 0.6 is 0 Å². The molecular formula is C19H24N4O. The largest absolute Gasteiger partial charge is 0.337 e. The molecular weight excluding hydrogens is 300 g/mol. The van der Waals surface area contributed by atoms with Crippen molar-refractivity contribution in [2.45, 2.75) is 39.9 Å². The fourth-order valence-electron chi connectivity index (χ4n) is 3.80. The van der Waals surface area contributed by atoms with Gasteiger partial charge in [-0.3, -0.25) is 9.69 Å². The minimum absolute atomic E-state index is 0.234. The summed E-state index contributed by atoms with van der Waals surface area (Å²) >= 11 is 0. The Morgan fingerprint density at radius 1 is 1.08 bits per heavy atom. The number of benzene rings is 1. The van der Waals surface area contributed by atoms with Crippen LogP contribution in [0, 0.1) is 13.8 Å². The lowest BCUT2D eigenvalue weighted by atomic mass is 10.00. The predicted molar refractivity (Wildman–Crippen MR) is 92.5 cm³/mol. The van der Waals surface area contributed by atoms with Crippen molar-refractivity contribution in [1.82, 2.24) is 19.4 Å². The molecule has 0 saturated heterocycles. The maximum Gasteiger partial charge on any atom is 0.237 e. The van der Waals surface area contributed by atoms with Gasteiger partial charge in [-0.25, -0.2) is 4.98 Å². The summed E-state index contributed by atoms with van der Waals surface area (Å²) in [6.45, 7) is 8.86. The number of carbonyl (C=O) groups excluding carboxylic acids is 1. The molecule has 0 atom stereocenters. The molecule has 24 heavy (non-hydrogen) atoms. The van der Waals surface area contributed by atoms with Crippen LogP contribution in [-0.4, -0.2) is 44.9 Å². The van der Waals surface area contributed by atoms with Gasteiger partial charge in [0.05, 0.1) is 18.8 Å². The lowest BCUT2D eigenvalue weighted by Crippen LogP contribution is -2.45. The van der Waals surface area contributed by atoms with Gasteiger partial charge in [0.2, 0.25) is 5.91 Å². The first-order chi connectivity index (χ1) is 11.6. The molecule has 5 nitrogen and oxygen atoms in total. The molecule has 5 heteroatoms. The van der Waals surface area contributed by atoms with E-state index in [1.54, 1.807) is 0 Å². The average molecular weight is 324 g/mol. The highest BCUT2D eigenvalue weighted by Crippen LogP contribution is 2.20. The molecule has 0 radical (unpaired) electrons. The van der Waals surface area contributed by atoms with Crippen molar-refractivity contribution < 1.29 is 4.79 Å². The number of imidazole rings is 1. The summed E-state index contributed by atoms with van der Waals surface area (Å²) < 4.78 is 2.29. The van der Waals surface area contributed by atoms with Gasteiger partial charge in [0.1, 0.15) is 5.82 Å². The number of fused-ring (bicyclic) bond motifs is 2. The number of amides is 1. The lowest BCUT2D eigenvalue weighted by molar-refractivity contribution is -0.133. The molecule has 0 saturated carbocycles. The second-order valence-corrected chi connectivity index (χ2v) is 6.90. The van der Waals surface area contributed by atoms with Gasteiger partial charge in [-0.2, -0.15) is 0 Å². The fraction of sp³-hybridized carbons (Fsp3) is 0.474. The van der Waals surface area contributed by atoms with Crippen LogP contribution in [-0.2, 0) is 30.8 Å². The SMILES string of the molecule is Cc1nc2n(c1C)CCN(CC(=O)N1CCc3ccccc3C1)C2. The van der Waals surface area contributed by atoms with E-state index in [0.717, 1.165) is 50.7 Å². The monoisotopic (exact) mass is 324 g/mol. The highest BCUT2D eigenvalue weighted by molar-refractivity contribution is 5.78. The van der Waals surface area contributed by atoms with Crippen molar-refractivity contribution in [2.24, 2.45) is 0 Å². The maximum atomic E-state index is 12.7. The first-order valence-electron chi connectivity index (χ1n) is 8.71. The van der Waals surface area contributed by atoms with Gasteiger partial charge in [-0.1, -0.05) is 24.3 Å². The van der Waals surface area contributed by atoms with Gasteiger partial charge >= 0.3 is 0 Å². The van der Waals surface area contributed by atoms with Gasteiger partial charge in [-0.15, -0.1) is 0 Å². The number of aryl methyl sites for hydroxylation is 1. The molecule has 4 rings (SSSR count). The quantitative estimate of drug-likeness (QED) is 0.847. The summed E-state index contributed by atoms with van der Waals surface area (Å²) in [5.41, 5.74) is 5.03. The van der Waals surface area contributed by atoms with Crippen LogP contribution in [0.4, 0.5) is 0 Å². The molecule has 126 valence electrons. The van der Waals surface area contributed by atoms with Gasteiger partial charge < -0.3 is 9.47 Å². The van der Waals surface area contributed by atoms with E-state index in [-0.39, 0.29) is 5.91 Å². The van der Waals surface area contributed by atoms with Crippen molar-refractivity contribution in [1.29, 1.82) is 0 Å². The van der Waals surface area contributed by atoms with Gasteiger partial charge in [0, 0.05) is 31.9 Å². The Labute approximate surface area is 142 Å². The summed E-state index contributed by atoms with van der Waals surface area (Å²) in [5.74, 6) is 1.32. The zero-order valence-electron chi connectivity index (χ0n) is 14.5. The van der Waals surface area contributed by atoms with Crippen molar-refractivity contribution in [2.75, 3.05) is 19.6 Å². The topological polar surface area (TPSA) is 41.4 Å². The van der Waals surface area contributed by atoms with E-state index in [0.29, 0.717) is 6.54 Å². The van der Waals surface area contributed by atoms with Crippen LogP contribution < -0.4 is 0 Å². The summed E-state index contributed by atoms with van der Waals surface area (Å²) in [6.07, 6.45) is 0.963. The molecule has 0 N–H and O–H groups in total. The van der Waals surface area contributed by atoms with Crippen LogP contribution in [0.25, 0.3) is 0 Å². The van der Waals surface area contributed by atoms with E-state index in [2.05, 4.69) is 52.6 Å². The summed E-state index contributed by atoms with van der Waals surface area (Å²) in [4.78, 5) is 21.6. The van der Waals surface area contributed by atoms with Crippen molar-refractivity contribution in [3.05, 3.63) is 52.6 Å². The van der Waals surface area contributed by atoms with Crippen LogP contribution in [0.5, 0.6) is 0 Å². The molecule has 2 aliphatic heterocycles. The maximum absolute atomic E-state index is 12.7. The van der Waals surface area contributed by atoms with E-state index < -0.39 is 0 Å². The Bertz CT molecular complexity index is 780. The minimum Gasteiger partial charge on any atom is -0.337 e. The smallest absolute Gasteiger partial charge is 0.237 e.